The standard InChI is InChI=1S/C23H25BrClNO3/c1-5-28-23(27)22-17(18-8-9-19(24)15(4)21(18)26-22)7-6-10-29-16-11-13(2)20(25)14(3)12-16/h8-9,11-12,26H,5-7,10H2,1-4H3. The third-order valence-electron chi connectivity index (χ3n) is 5.01. The first-order valence-corrected chi connectivity index (χ1v) is 10.9. The van der Waals surface area contributed by atoms with E-state index >= 15 is 0 Å². The Hall–Kier alpha value is -1.98. The first kappa shape index (κ1) is 21.7. The fourth-order valence-electron chi connectivity index (χ4n) is 3.50. The van der Waals surface area contributed by atoms with E-state index in [4.69, 9.17) is 21.1 Å². The van der Waals surface area contributed by atoms with Crippen LogP contribution in [0, 0.1) is 20.8 Å². The molecule has 29 heavy (non-hydrogen) atoms. The van der Waals surface area contributed by atoms with Crippen LogP contribution in [0.5, 0.6) is 5.75 Å². The van der Waals surface area contributed by atoms with Gasteiger partial charge in [-0.2, -0.15) is 0 Å². The predicted molar refractivity (Wildman–Crippen MR) is 121 cm³/mol. The van der Waals surface area contributed by atoms with Crippen molar-refractivity contribution in [1.82, 2.24) is 4.98 Å². The summed E-state index contributed by atoms with van der Waals surface area (Å²) in [7, 11) is 0. The normalized spacial score (nSPS) is 11.1. The number of fused-ring (bicyclic) bond motifs is 1. The molecule has 154 valence electrons. The second kappa shape index (κ2) is 9.23. The molecule has 0 spiro atoms. The molecule has 4 nitrogen and oxygen atoms in total. The Kier molecular flexibility index (Phi) is 6.91. The number of aromatic amines is 1. The zero-order chi connectivity index (χ0) is 21.1. The summed E-state index contributed by atoms with van der Waals surface area (Å²) in [6.07, 6.45) is 1.48. The number of hydrogen-bond acceptors (Lipinski definition) is 3. The quantitative estimate of drug-likeness (QED) is 0.304. The summed E-state index contributed by atoms with van der Waals surface area (Å²) < 4.78 is 12.2. The Labute approximate surface area is 184 Å². The van der Waals surface area contributed by atoms with Crippen molar-refractivity contribution in [3.05, 3.63) is 61.7 Å². The topological polar surface area (TPSA) is 51.3 Å². The van der Waals surface area contributed by atoms with Gasteiger partial charge in [0, 0.05) is 14.9 Å². The van der Waals surface area contributed by atoms with E-state index in [-0.39, 0.29) is 5.97 Å². The first-order chi connectivity index (χ1) is 13.8. The average Bonchev–Trinajstić information content (AvgIpc) is 3.05. The maximum Gasteiger partial charge on any atom is 0.355 e. The summed E-state index contributed by atoms with van der Waals surface area (Å²) in [5.41, 5.74) is 5.54. The van der Waals surface area contributed by atoms with Gasteiger partial charge in [0.15, 0.2) is 0 Å². The van der Waals surface area contributed by atoms with Gasteiger partial charge in [-0.25, -0.2) is 4.79 Å². The fourth-order valence-corrected chi connectivity index (χ4v) is 3.94. The average molecular weight is 479 g/mol. The highest BCUT2D eigenvalue weighted by Gasteiger charge is 2.20. The molecule has 1 N–H and O–H groups in total. The number of carbonyl (C=O) groups excluding carboxylic acids is 1. The number of hydrogen-bond donors (Lipinski definition) is 1. The molecule has 0 amide bonds. The Bertz CT molecular complexity index is 1030. The predicted octanol–water partition coefficient (Wildman–Crippen LogP) is 6.70. The molecule has 1 aromatic heterocycles. The lowest BCUT2D eigenvalue weighted by molar-refractivity contribution is 0.0519. The molecule has 3 rings (SSSR count). The van der Waals surface area contributed by atoms with Gasteiger partial charge < -0.3 is 14.5 Å². The van der Waals surface area contributed by atoms with Gasteiger partial charge in [-0.3, -0.25) is 0 Å². The van der Waals surface area contributed by atoms with E-state index in [1.807, 2.05) is 52.0 Å². The van der Waals surface area contributed by atoms with Crippen LogP contribution in [-0.2, 0) is 11.2 Å². The Morgan fingerprint density at radius 3 is 2.52 bits per heavy atom. The minimum atomic E-state index is -0.320. The van der Waals surface area contributed by atoms with Crippen molar-refractivity contribution in [3.63, 3.8) is 0 Å². The SMILES string of the molecule is CCOC(=O)c1[nH]c2c(C)c(Br)ccc2c1CCCOc1cc(C)c(Cl)c(C)c1. The van der Waals surface area contributed by atoms with Crippen LogP contribution >= 0.6 is 27.5 Å². The fraction of sp³-hybridized carbons (Fsp3) is 0.348. The van der Waals surface area contributed by atoms with Gasteiger partial charge in [-0.15, -0.1) is 0 Å². The van der Waals surface area contributed by atoms with Crippen LogP contribution in [0.3, 0.4) is 0 Å². The maximum absolute atomic E-state index is 12.5. The van der Waals surface area contributed by atoms with E-state index in [0.717, 1.165) is 54.8 Å². The molecule has 0 atom stereocenters. The number of rotatable bonds is 7. The summed E-state index contributed by atoms with van der Waals surface area (Å²) in [5.74, 6) is 0.493. The highest BCUT2D eigenvalue weighted by atomic mass is 79.9. The van der Waals surface area contributed by atoms with Crippen LogP contribution in [0.25, 0.3) is 10.9 Å². The molecule has 0 aliphatic carbocycles. The van der Waals surface area contributed by atoms with E-state index in [1.54, 1.807) is 0 Å². The molecular weight excluding hydrogens is 454 g/mol. The van der Waals surface area contributed by atoms with Crippen molar-refractivity contribution in [2.75, 3.05) is 13.2 Å². The largest absolute Gasteiger partial charge is 0.494 e. The molecule has 3 aromatic rings. The van der Waals surface area contributed by atoms with Crippen LogP contribution in [-0.4, -0.2) is 24.2 Å². The zero-order valence-corrected chi connectivity index (χ0v) is 19.5. The zero-order valence-electron chi connectivity index (χ0n) is 17.1. The van der Waals surface area contributed by atoms with E-state index in [0.29, 0.717) is 25.3 Å². The monoisotopic (exact) mass is 477 g/mol. The van der Waals surface area contributed by atoms with Crippen molar-refractivity contribution in [2.45, 2.75) is 40.5 Å². The third-order valence-corrected chi connectivity index (χ3v) is 6.46. The lowest BCUT2D eigenvalue weighted by Crippen LogP contribution is -2.09. The lowest BCUT2D eigenvalue weighted by atomic mass is 10.0. The van der Waals surface area contributed by atoms with Crippen molar-refractivity contribution in [1.29, 1.82) is 0 Å². The Morgan fingerprint density at radius 1 is 1.17 bits per heavy atom. The van der Waals surface area contributed by atoms with Crippen molar-refractivity contribution in [2.24, 2.45) is 0 Å². The molecule has 1 heterocycles. The number of H-pyrrole nitrogens is 1. The van der Waals surface area contributed by atoms with Crippen LogP contribution in [0.1, 0.15) is 46.1 Å². The van der Waals surface area contributed by atoms with Crippen LogP contribution in [0.15, 0.2) is 28.7 Å². The molecule has 0 saturated carbocycles. The van der Waals surface area contributed by atoms with Crippen molar-refractivity contribution < 1.29 is 14.3 Å². The molecule has 0 saturated heterocycles. The summed E-state index contributed by atoms with van der Waals surface area (Å²) in [4.78, 5) is 15.8. The summed E-state index contributed by atoms with van der Waals surface area (Å²) in [6, 6.07) is 7.95. The molecular formula is C23H25BrClNO3. The second-order valence-electron chi connectivity index (χ2n) is 7.12. The van der Waals surface area contributed by atoms with Gasteiger partial charge in [-0.1, -0.05) is 33.6 Å². The third kappa shape index (κ3) is 4.62. The van der Waals surface area contributed by atoms with E-state index in [1.165, 1.54) is 0 Å². The highest BCUT2D eigenvalue weighted by Crippen LogP contribution is 2.31. The van der Waals surface area contributed by atoms with E-state index < -0.39 is 0 Å². The molecule has 0 aliphatic rings. The number of benzene rings is 2. The lowest BCUT2D eigenvalue weighted by Gasteiger charge is -2.10. The number of ether oxygens (including phenoxy) is 2. The molecule has 0 aliphatic heterocycles. The van der Waals surface area contributed by atoms with Gasteiger partial charge in [0.1, 0.15) is 11.4 Å². The summed E-state index contributed by atoms with van der Waals surface area (Å²) >= 11 is 9.78. The molecule has 0 fully saturated rings. The van der Waals surface area contributed by atoms with Gasteiger partial charge in [-0.05, 0) is 81.0 Å². The number of carbonyl (C=O) groups is 1. The first-order valence-electron chi connectivity index (χ1n) is 9.69. The molecule has 0 unspecified atom stereocenters. The summed E-state index contributed by atoms with van der Waals surface area (Å²) in [5, 5.41) is 1.82. The van der Waals surface area contributed by atoms with Crippen molar-refractivity contribution in [3.8, 4) is 5.75 Å². The number of halogens is 2. The van der Waals surface area contributed by atoms with Gasteiger partial charge in [0.2, 0.25) is 0 Å². The second-order valence-corrected chi connectivity index (χ2v) is 8.35. The van der Waals surface area contributed by atoms with E-state index in [9.17, 15) is 4.79 Å². The van der Waals surface area contributed by atoms with Crippen LogP contribution in [0.4, 0.5) is 0 Å². The number of nitrogens with one attached hydrogen (secondary N) is 1. The Balaban J connectivity index is 1.79. The van der Waals surface area contributed by atoms with E-state index in [2.05, 4.69) is 20.9 Å². The number of aromatic nitrogens is 1. The minimum absolute atomic E-state index is 0.320. The summed E-state index contributed by atoms with van der Waals surface area (Å²) in [6.45, 7) is 8.67. The van der Waals surface area contributed by atoms with Gasteiger partial charge in [0.05, 0.1) is 18.7 Å². The number of aryl methyl sites for hydroxylation is 4. The van der Waals surface area contributed by atoms with Gasteiger partial charge in [0.25, 0.3) is 0 Å². The highest BCUT2D eigenvalue weighted by molar-refractivity contribution is 9.10. The maximum atomic E-state index is 12.5. The molecule has 6 heteroatoms. The molecule has 2 aromatic carbocycles. The minimum Gasteiger partial charge on any atom is -0.494 e. The smallest absolute Gasteiger partial charge is 0.355 e. The molecule has 0 bridgehead atoms. The number of esters is 1. The van der Waals surface area contributed by atoms with Crippen LogP contribution in [0.2, 0.25) is 5.02 Å². The Morgan fingerprint density at radius 2 is 1.86 bits per heavy atom. The van der Waals surface area contributed by atoms with Crippen LogP contribution < -0.4 is 4.74 Å². The van der Waals surface area contributed by atoms with Crippen molar-refractivity contribution >= 4 is 44.4 Å². The van der Waals surface area contributed by atoms with Gasteiger partial charge >= 0.3 is 5.97 Å². The molecule has 0 radical (unpaired) electrons.